The number of alkyl halides is 3. The summed E-state index contributed by atoms with van der Waals surface area (Å²) in [6, 6.07) is 3.89. The zero-order valence-electron chi connectivity index (χ0n) is 11.1. The third-order valence-electron chi connectivity index (χ3n) is 3.73. The molecule has 21 heavy (non-hydrogen) atoms. The molecule has 0 aromatic heterocycles. The largest absolute Gasteiger partial charge is 0.508 e. The van der Waals surface area contributed by atoms with Crippen molar-refractivity contribution in [2.75, 3.05) is 5.32 Å². The Morgan fingerprint density at radius 2 is 1.95 bits per heavy atom. The summed E-state index contributed by atoms with van der Waals surface area (Å²) in [7, 11) is 0. The van der Waals surface area contributed by atoms with Crippen molar-refractivity contribution in [2.24, 2.45) is 11.8 Å². The van der Waals surface area contributed by atoms with Gasteiger partial charge in [-0.05, 0) is 25.0 Å². The van der Waals surface area contributed by atoms with E-state index >= 15 is 0 Å². The number of carbonyl (C=O) groups is 1. The van der Waals surface area contributed by atoms with Gasteiger partial charge in [0.15, 0.2) is 0 Å². The normalized spacial score (nSPS) is 22.9. The van der Waals surface area contributed by atoms with Crippen LogP contribution in [0.25, 0.3) is 0 Å². The molecule has 0 bridgehead atoms. The van der Waals surface area contributed by atoms with Crippen molar-refractivity contribution in [2.45, 2.75) is 31.9 Å². The van der Waals surface area contributed by atoms with E-state index in [1.165, 1.54) is 18.2 Å². The average molecular weight is 322 g/mol. The van der Waals surface area contributed by atoms with Gasteiger partial charge < -0.3 is 10.4 Å². The van der Waals surface area contributed by atoms with Crippen molar-refractivity contribution in [3.05, 3.63) is 23.2 Å². The fourth-order valence-corrected chi connectivity index (χ4v) is 2.89. The van der Waals surface area contributed by atoms with Crippen molar-refractivity contribution in [1.82, 2.24) is 0 Å². The number of rotatable bonds is 2. The molecule has 0 spiro atoms. The molecule has 1 fully saturated rings. The molecule has 7 heteroatoms. The fraction of sp³-hybridized carbons (Fsp3) is 0.500. The second-order valence-corrected chi connectivity index (χ2v) is 5.60. The number of phenolic OH excluding ortho intramolecular Hbond substituents is 1. The van der Waals surface area contributed by atoms with Crippen LogP contribution in [0, 0.1) is 11.8 Å². The summed E-state index contributed by atoms with van der Waals surface area (Å²) >= 11 is 5.84. The number of anilines is 1. The number of amides is 1. The molecule has 0 heterocycles. The molecule has 116 valence electrons. The molecule has 1 aliphatic carbocycles. The second-order valence-electron chi connectivity index (χ2n) is 5.19. The van der Waals surface area contributed by atoms with Gasteiger partial charge in [-0.1, -0.05) is 24.4 Å². The van der Waals surface area contributed by atoms with Gasteiger partial charge in [0.1, 0.15) is 5.75 Å². The number of nitrogens with one attached hydrogen (secondary N) is 1. The van der Waals surface area contributed by atoms with Crippen LogP contribution in [0.4, 0.5) is 18.9 Å². The molecule has 3 nitrogen and oxygen atoms in total. The SMILES string of the molecule is O=C(Nc1ccc(O)cc1Cl)C1CCCCC1C(F)(F)F. The van der Waals surface area contributed by atoms with Crippen LogP contribution < -0.4 is 5.32 Å². The molecule has 1 amide bonds. The third-order valence-corrected chi connectivity index (χ3v) is 4.05. The fourth-order valence-electron chi connectivity index (χ4n) is 2.67. The Morgan fingerprint density at radius 3 is 2.57 bits per heavy atom. The molecule has 0 saturated heterocycles. The number of hydrogen-bond donors (Lipinski definition) is 2. The Bertz CT molecular complexity index is 533. The summed E-state index contributed by atoms with van der Waals surface area (Å²) in [6.07, 6.45) is -3.10. The van der Waals surface area contributed by atoms with Crippen LogP contribution >= 0.6 is 11.6 Å². The smallest absolute Gasteiger partial charge is 0.392 e. The lowest BCUT2D eigenvalue weighted by Crippen LogP contribution is -2.39. The highest BCUT2D eigenvalue weighted by Gasteiger charge is 2.48. The minimum Gasteiger partial charge on any atom is -0.508 e. The lowest BCUT2D eigenvalue weighted by Gasteiger charge is -2.32. The maximum atomic E-state index is 13.0. The number of benzene rings is 1. The summed E-state index contributed by atoms with van der Waals surface area (Å²) < 4.78 is 39.0. The highest BCUT2D eigenvalue weighted by atomic mass is 35.5. The van der Waals surface area contributed by atoms with Crippen molar-refractivity contribution in [3.8, 4) is 5.75 Å². The highest BCUT2D eigenvalue weighted by Crippen LogP contribution is 2.42. The monoisotopic (exact) mass is 321 g/mol. The van der Waals surface area contributed by atoms with Gasteiger partial charge in [0.2, 0.25) is 5.91 Å². The predicted molar refractivity (Wildman–Crippen MR) is 73.2 cm³/mol. The maximum absolute atomic E-state index is 13.0. The summed E-state index contributed by atoms with van der Waals surface area (Å²) in [5.41, 5.74) is 0.200. The third kappa shape index (κ3) is 3.81. The van der Waals surface area contributed by atoms with E-state index in [-0.39, 0.29) is 29.3 Å². The van der Waals surface area contributed by atoms with E-state index < -0.39 is 23.9 Å². The van der Waals surface area contributed by atoms with Crippen molar-refractivity contribution < 1.29 is 23.1 Å². The van der Waals surface area contributed by atoms with E-state index in [2.05, 4.69) is 5.32 Å². The number of carbonyl (C=O) groups excluding carboxylic acids is 1. The van der Waals surface area contributed by atoms with Gasteiger partial charge in [-0.2, -0.15) is 13.2 Å². The first-order valence-corrected chi connectivity index (χ1v) is 7.03. The van der Waals surface area contributed by atoms with Crippen LogP contribution in [0.1, 0.15) is 25.7 Å². The first-order chi connectivity index (χ1) is 9.79. The van der Waals surface area contributed by atoms with E-state index in [4.69, 9.17) is 11.6 Å². The summed E-state index contributed by atoms with van der Waals surface area (Å²) in [4.78, 5) is 12.1. The van der Waals surface area contributed by atoms with Crippen molar-refractivity contribution in [1.29, 1.82) is 0 Å². The van der Waals surface area contributed by atoms with Gasteiger partial charge in [0.25, 0.3) is 0 Å². The minimum absolute atomic E-state index is 0.0229. The molecule has 1 aliphatic rings. The molecular formula is C14H15ClF3NO2. The highest BCUT2D eigenvalue weighted by molar-refractivity contribution is 6.33. The molecular weight excluding hydrogens is 307 g/mol. The Labute approximate surface area is 125 Å². The van der Waals surface area contributed by atoms with E-state index in [9.17, 15) is 23.1 Å². The summed E-state index contributed by atoms with van der Waals surface area (Å²) in [6.45, 7) is 0. The Morgan fingerprint density at radius 1 is 1.29 bits per heavy atom. The predicted octanol–water partition coefficient (Wildman–Crippen LogP) is 4.35. The maximum Gasteiger partial charge on any atom is 0.392 e. The van der Waals surface area contributed by atoms with Crippen LogP contribution in [0.3, 0.4) is 0 Å². The summed E-state index contributed by atoms with van der Waals surface area (Å²) in [5.74, 6) is -3.46. The molecule has 1 aromatic carbocycles. The minimum atomic E-state index is -4.37. The van der Waals surface area contributed by atoms with Gasteiger partial charge in [-0.3, -0.25) is 4.79 Å². The van der Waals surface area contributed by atoms with Gasteiger partial charge in [0.05, 0.1) is 16.6 Å². The molecule has 0 aliphatic heterocycles. The van der Waals surface area contributed by atoms with Gasteiger partial charge >= 0.3 is 6.18 Å². The van der Waals surface area contributed by atoms with Crippen LogP contribution in [-0.4, -0.2) is 17.2 Å². The molecule has 2 N–H and O–H groups in total. The first kappa shape index (κ1) is 15.9. The molecule has 2 atom stereocenters. The molecule has 1 aromatic rings. The van der Waals surface area contributed by atoms with Gasteiger partial charge in [-0.25, -0.2) is 0 Å². The lowest BCUT2D eigenvalue weighted by molar-refractivity contribution is -0.197. The number of phenols is 1. The number of aromatic hydroxyl groups is 1. The lowest BCUT2D eigenvalue weighted by atomic mass is 9.78. The second kappa shape index (κ2) is 6.13. The molecule has 2 rings (SSSR count). The van der Waals surface area contributed by atoms with Gasteiger partial charge in [-0.15, -0.1) is 0 Å². The summed E-state index contributed by atoms with van der Waals surface area (Å²) in [5, 5.41) is 11.7. The van der Waals surface area contributed by atoms with Crippen LogP contribution in [-0.2, 0) is 4.79 Å². The van der Waals surface area contributed by atoms with E-state index in [1.807, 2.05) is 0 Å². The Hall–Kier alpha value is -1.43. The number of hydrogen-bond acceptors (Lipinski definition) is 2. The standard InChI is InChI=1S/C14H15ClF3NO2/c15-11-7-8(20)5-6-12(11)19-13(21)9-3-1-2-4-10(9)14(16,17)18/h5-7,9-10,20H,1-4H2,(H,19,21). The molecule has 1 saturated carbocycles. The first-order valence-electron chi connectivity index (χ1n) is 6.65. The molecule has 0 radical (unpaired) electrons. The quantitative estimate of drug-likeness (QED) is 0.795. The zero-order valence-corrected chi connectivity index (χ0v) is 11.8. The average Bonchev–Trinajstić information content (AvgIpc) is 2.41. The van der Waals surface area contributed by atoms with E-state index in [1.54, 1.807) is 0 Å². The van der Waals surface area contributed by atoms with Gasteiger partial charge in [0, 0.05) is 12.0 Å². The Balaban J connectivity index is 2.14. The van der Waals surface area contributed by atoms with E-state index in [0.29, 0.717) is 12.8 Å². The van der Waals surface area contributed by atoms with Crippen LogP contribution in [0.5, 0.6) is 5.75 Å². The van der Waals surface area contributed by atoms with Crippen molar-refractivity contribution >= 4 is 23.2 Å². The zero-order chi connectivity index (χ0) is 15.6. The van der Waals surface area contributed by atoms with Crippen molar-refractivity contribution in [3.63, 3.8) is 0 Å². The topological polar surface area (TPSA) is 49.3 Å². The van der Waals surface area contributed by atoms with Crippen LogP contribution in [0.2, 0.25) is 5.02 Å². The van der Waals surface area contributed by atoms with E-state index in [0.717, 1.165) is 0 Å². The number of halogens is 4. The molecule has 2 unspecified atom stereocenters. The Kier molecular flexibility index (Phi) is 4.66. The van der Waals surface area contributed by atoms with Crippen LogP contribution in [0.15, 0.2) is 18.2 Å².